The minimum atomic E-state index is 0.135. The normalized spacial score (nSPS) is 14.9. The van der Waals surface area contributed by atoms with E-state index in [1.165, 1.54) is 11.3 Å². The van der Waals surface area contributed by atoms with Gasteiger partial charge < -0.3 is 14.7 Å². The van der Waals surface area contributed by atoms with Crippen LogP contribution in [-0.4, -0.2) is 61.3 Å². The summed E-state index contributed by atoms with van der Waals surface area (Å²) in [5, 5.41) is 10.3. The predicted molar refractivity (Wildman–Crippen MR) is 93.5 cm³/mol. The molecule has 0 aromatic carbocycles. The van der Waals surface area contributed by atoms with Crippen molar-refractivity contribution in [3.63, 3.8) is 0 Å². The third kappa shape index (κ3) is 3.44. The summed E-state index contributed by atoms with van der Waals surface area (Å²) in [6.45, 7) is 5.00. The first kappa shape index (κ1) is 15.7. The molecule has 2 aromatic rings. The molecular formula is C16H21N5OS. The highest BCUT2D eigenvalue weighted by Crippen LogP contribution is 2.20. The highest BCUT2D eigenvalue weighted by molar-refractivity contribution is 7.12. The van der Waals surface area contributed by atoms with Gasteiger partial charge in [0.05, 0.1) is 16.8 Å². The first-order valence-electron chi connectivity index (χ1n) is 7.64. The summed E-state index contributed by atoms with van der Waals surface area (Å²) < 4.78 is 0. The van der Waals surface area contributed by atoms with E-state index in [1.807, 2.05) is 48.3 Å². The van der Waals surface area contributed by atoms with Crippen LogP contribution in [0.5, 0.6) is 0 Å². The number of carbonyl (C=O) groups excluding carboxylic acids is 1. The van der Waals surface area contributed by atoms with Gasteiger partial charge in [-0.25, -0.2) is 0 Å². The molecule has 3 rings (SSSR count). The van der Waals surface area contributed by atoms with Gasteiger partial charge in [0.2, 0.25) is 0 Å². The van der Waals surface area contributed by atoms with Gasteiger partial charge in [-0.15, -0.1) is 16.4 Å². The van der Waals surface area contributed by atoms with Crippen LogP contribution in [0.25, 0.3) is 0 Å². The second-order valence-corrected chi connectivity index (χ2v) is 6.85. The van der Waals surface area contributed by atoms with Crippen molar-refractivity contribution in [1.29, 1.82) is 0 Å². The van der Waals surface area contributed by atoms with E-state index in [4.69, 9.17) is 0 Å². The van der Waals surface area contributed by atoms with Gasteiger partial charge >= 0.3 is 0 Å². The summed E-state index contributed by atoms with van der Waals surface area (Å²) in [6, 6.07) is 4.00. The molecule has 1 aliphatic heterocycles. The Bertz CT molecular complexity index is 691. The van der Waals surface area contributed by atoms with Gasteiger partial charge in [0.1, 0.15) is 0 Å². The first-order chi connectivity index (χ1) is 11.0. The Hall–Kier alpha value is -2.15. The van der Waals surface area contributed by atoms with Crippen molar-refractivity contribution in [2.75, 3.05) is 50.1 Å². The molecule has 0 N–H and O–H groups in total. The zero-order valence-corrected chi connectivity index (χ0v) is 14.5. The van der Waals surface area contributed by atoms with E-state index in [0.29, 0.717) is 13.1 Å². The van der Waals surface area contributed by atoms with Crippen LogP contribution in [0, 0.1) is 6.92 Å². The number of aryl methyl sites for hydroxylation is 1. The third-order valence-electron chi connectivity index (χ3n) is 3.98. The lowest BCUT2D eigenvalue weighted by Crippen LogP contribution is -2.49. The maximum atomic E-state index is 12.5. The lowest BCUT2D eigenvalue weighted by molar-refractivity contribution is 0.0751. The molecule has 0 spiro atoms. The number of hydrogen-bond donors (Lipinski definition) is 0. The molecule has 6 nitrogen and oxygen atoms in total. The van der Waals surface area contributed by atoms with Gasteiger partial charge in [-0.05, 0) is 23.9 Å². The first-order valence-corrected chi connectivity index (χ1v) is 8.52. The molecule has 0 unspecified atom stereocenters. The number of rotatable bonds is 3. The molecule has 0 atom stereocenters. The zero-order chi connectivity index (χ0) is 16.4. The highest BCUT2D eigenvalue weighted by Gasteiger charge is 2.24. The fourth-order valence-electron chi connectivity index (χ4n) is 2.58. The van der Waals surface area contributed by atoms with Crippen molar-refractivity contribution in [3.8, 4) is 0 Å². The summed E-state index contributed by atoms with van der Waals surface area (Å²) in [6.07, 6.45) is 1.75. The van der Waals surface area contributed by atoms with Crippen molar-refractivity contribution in [3.05, 3.63) is 34.2 Å². The highest BCUT2D eigenvalue weighted by atomic mass is 32.1. The maximum absolute atomic E-state index is 12.5. The summed E-state index contributed by atoms with van der Waals surface area (Å²) >= 11 is 1.52. The van der Waals surface area contributed by atoms with E-state index in [2.05, 4.69) is 15.1 Å². The number of amides is 1. The molecule has 1 saturated heterocycles. The minimum Gasteiger partial charge on any atom is -0.376 e. The fourth-order valence-corrected chi connectivity index (χ4v) is 3.45. The second-order valence-electron chi connectivity index (χ2n) is 5.93. The molecule has 1 aliphatic rings. The Morgan fingerprint density at radius 1 is 1.22 bits per heavy atom. The average Bonchev–Trinajstić information content (AvgIpc) is 3.01. The monoisotopic (exact) mass is 331 g/mol. The number of carbonyl (C=O) groups is 1. The molecule has 7 heteroatoms. The number of thiophene rings is 1. The maximum Gasteiger partial charge on any atom is 0.264 e. The summed E-state index contributed by atoms with van der Waals surface area (Å²) in [5.74, 6) is 1.01. The number of hydrogen-bond acceptors (Lipinski definition) is 6. The Kier molecular flexibility index (Phi) is 4.47. The van der Waals surface area contributed by atoms with E-state index < -0.39 is 0 Å². The quantitative estimate of drug-likeness (QED) is 0.859. The Balaban J connectivity index is 1.64. The van der Waals surface area contributed by atoms with Gasteiger partial charge in [-0.3, -0.25) is 4.79 Å². The smallest absolute Gasteiger partial charge is 0.264 e. The molecule has 0 bridgehead atoms. The minimum absolute atomic E-state index is 0.135. The summed E-state index contributed by atoms with van der Waals surface area (Å²) in [4.78, 5) is 19.4. The summed E-state index contributed by atoms with van der Waals surface area (Å²) in [7, 11) is 3.97. The van der Waals surface area contributed by atoms with Crippen LogP contribution in [0.1, 0.15) is 15.2 Å². The van der Waals surface area contributed by atoms with Gasteiger partial charge in [0.15, 0.2) is 5.82 Å². The Labute approximate surface area is 140 Å². The van der Waals surface area contributed by atoms with E-state index in [9.17, 15) is 4.79 Å². The average molecular weight is 331 g/mol. The van der Waals surface area contributed by atoms with Crippen LogP contribution in [0.4, 0.5) is 11.5 Å². The lowest BCUT2D eigenvalue weighted by Gasteiger charge is -2.35. The number of anilines is 2. The van der Waals surface area contributed by atoms with Crippen LogP contribution >= 0.6 is 11.3 Å². The Morgan fingerprint density at radius 3 is 2.57 bits per heavy atom. The van der Waals surface area contributed by atoms with Crippen LogP contribution in [0.3, 0.4) is 0 Å². The molecule has 2 aromatic heterocycles. The Morgan fingerprint density at radius 2 is 1.96 bits per heavy atom. The predicted octanol–water partition coefficient (Wildman–Crippen LogP) is 1.87. The third-order valence-corrected chi connectivity index (χ3v) is 5.01. The molecule has 23 heavy (non-hydrogen) atoms. The van der Waals surface area contributed by atoms with Crippen LogP contribution in [-0.2, 0) is 0 Å². The number of nitrogens with zero attached hydrogens (tertiary/aromatic N) is 5. The largest absolute Gasteiger partial charge is 0.376 e. The topological polar surface area (TPSA) is 52.6 Å². The molecule has 1 amide bonds. The van der Waals surface area contributed by atoms with E-state index in [-0.39, 0.29) is 5.91 Å². The molecule has 122 valence electrons. The van der Waals surface area contributed by atoms with Crippen molar-refractivity contribution < 1.29 is 4.79 Å². The number of aromatic nitrogens is 2. The SMILES string of the molecule is Cc1csc(C(=O)N2CCN(c3cc(N(C)C)cnn3)CC2)c1. The van der Waals surface area contributed by atoms with Gasteiger partial charge in [-0.1, -0.05) is 0 Å². The van der Waals surface area contributed by atoms with Crippen molar-refractivity contribution in [2.45, 2.75) is 6.92 Å². The van der Waals surface area contributed by atoms with Crippen molar-refractivity contribution >= 4 is 28.7 Å². The zero-order valence-electron chi connectivity index (χ0n) is 13.7. The summed E-state index contributed by atoms with van der Waals surface area (Å²) in [5.41, 5.74) is 2.18. The molecule has 0 aliphatic carbocycles. The van der Waals surface area contributed by atoms with Gasteiger partial charge in [0, 0.05) is 46.3 Å². The molecule has 1 fully saturated rings. The molecule has 3 heterocycles. The molecule has 0 radical (unpaired) electrons. The van der Waals surface area contributed by atoms with Crippen LogP contribution in [0.15, 0.2) is 23.7 Å². The van der Waals surface area contributed by atoms with E-state index in [0.717, 1.165) is 35.0 Å². The van der Waals surface area contributed by atoms with Crippen LogP contribution < -0.4 is 9.80 Å². The van der Waals surface area contributed by atoms with Gasteiger partial charge in [0.25, 0.3) is 5.91 Å². The molecule has 0 saturated carbocycles. The van der Waals surface area contributed by atoms with E-state index >= 15 is 0 Å². The standard InChI is InChI=1S/C16H21N5OS/c1-12-8-14(23-11-12)16(22)21-6-4-20(5-7-21)15-9-13(19(2)3)10-17-18-15/h8-11H,4-7H2,1-3H3. The number of piperazine rings is 1. The van der Waals surface area contributed by atoms with Gasteiger partial charge in [-0.2, -0.15) is 5.10 Å². The second kappa shape index (κ2) is 6.54. The lowest BCUT2D eigenvalue weighted by atomic mass is 10.2. The fraction of sp³-hybridized carbons (Fsp3) is 0.438. The van der Waals surface area contributed by atoms with Crippen molar-refractivity contribution in [2.24, 2.45) is 0 Å². The van der Waals surface area contributed by atoms with E-state index in [1.54, 1.807) is 6.20 Å². The molecular weight excluding hydrogens is 310 g/mol. The van der Waals surface area contributed by atoms with Crippen LogP contribution in [0.2, 0.25) is 0 Å². The van der Waals surface area contributed by atoms with Crippen molar-refractivity contribution in [1.82, 2.24) is 15.1 Å².